The molecule has 1 unspecified atom stereocenters. The quantitative estimate of drug-likeness (QED) is 0.0261. The van der Waals surface area contributed by atoms with E-state index in [1.54, 1.807) is 0 Å². The molecule has 0 aliphatic carbocycles. The van der Waals surface area contributed by atoms with Gasteiger partial charge in [-0.15, -0.1) is 0 Å². The zero-order chi connectivity index (χ0) is 52.9. The first-order valence-corrected chi connectivity index (χ1v) is 30.7. The molecule has 0 aliphatic heterocycles. The molecular formula is C67H114O6. The third-order valence-corrected chi connectivity index (χ3v) is 13.1. The highest BCUT2D eigenvalue weighted by molar-refractivity contribution is 5.71. The maximum atomic E-state index is 12.8. The van der Waals surface area contributed by atoms with E-state index in [0.717, 1.165) is 109 Å². The smallest absolute Gasteiger partial charge is 0.306 e. The summed E-state index contributed by atoms with van der Waals surface area (Å²) in [7, 11) is 0. The van der Waals surface area contributed by atoms with Crippen LogP contribution < -0.4 is 0 Å². The number of esters is 3. The lowest BCUT2D eigenvalue weighted by molar-refractivity contribution is -0.167. The number of allylic oxidation sites excluding steroid dienone is 16. The third-order valence-electron chi connectivity index (χ3n) is 13.1. The van der Waals surface area contributed by atoms with Gasteiger partial charge in [0.25, 0.3) is 0 Å². The Morgan fingerprint density at radius 1 is 0.288 bits per heavy atom. The van der Waals surface area contributed by atoms with E-state index < -0.39 is 6.10 Å². The van der Waals surface area contributed by atoms with Crippen LogP contribution in [0.2, 0.25) is 0 Å². The highest BCUT2D eigenvalue weighted by Gasteiger charge is 2.19. The highest BCUT2D eigenvalue weighted by Crippen LogP contribution is 2.16. The summed E-state index contributed by atoms with van der Waals surface area (Å²) < 4.78 is 16.8. The summed E-state index contributed by atoms with van der Waals surface area (Å²) in [4.78, 5) is 37.9. The molecule has 0 spiro atoms. The van der Waals surface area contributed by atoms with Crippen molar-refractivity contribution >= 4 is 17.9 Å². The SMILES string of the molecule is CC/C=C\C/C=C\C/C=C\C/C=C\C/C=C\C/C=C\CCCCCCCCCCCCCCC(=O)OCC(COC(=O)CCCCCCCC)OC(=O)CCCCCCCCC/C=C\C/C=C\CCCCCC. The molecule has 0 aliphatic rings. The third kappa shape index (κ3) is 59.1. The minimum Gasteiger partial charge on any atom is -0.462 e. The number of unbranched alkanes of at least 4 members (excludes halogenated alkanes) is 28. The first kappa shape index (κ1) is 69.3. The topological polar surface area (TPSA) is 78.9 Å². The number of hydrogen-bond donors (Lipinski definition) is 0. The Hall–Kier alpha value is -3.67. The van der Waals surface area contributed by atoms with E-state index in [9.17, 15) is 14.4 Å². The molecule has 0 rings (SSSR count). The van der Waals surface area contributed by atoms with Crippen LogP contribution in [-0.2, 0) is 28.6 Å². The van der Waals surface area contributed by atoms with E-state index >= 15 is 0 Å². The standard InChI is InChI=1S/C67H114O6/c1-4-7-10-13-16-18-20-22-24-26-28-29-30-31-32-33-34-35-36-37-38-39-40-42-43-45-47-49-51-54-57-60-66(69)72-63-64(62-71-65(68)59-56-53-15-12-9-6-3)73-67(70)61-58-55-52-50-48-46-44-41-27-25-23-21-19-17-14-11-8-5-2/h7,10,16,18-19,21-22,24-25,27-29,31-32,34-35,64H,4-6,8-9,11-15,17,20,23,26,30,33,36-63H2,1-3H3/b10-7-,18-16-,21-19-,24-22-,27-25-,29-28-,32-31-,35-34-. The number of carbonyl (C=O) groups excluding carboxylic acids is 3. The van der Waals surface area contributed by atoms with Crippen molar-refractivity contribution in [3.63, 3.8) is 0 Å². The lowest BCUT2D eigenvalue weighted by atomic mass is 10.0. The Balaban J connectivity index is 4.08. The number of hydrogen-bond acceptors (Lipinski definition) is 6. The summed E-state index contributed by atoms with van der Waals surface area (Å²) in [5.74, 6) is -0.893. The minimum atomic E-state index is -0.779. The summed E-state index contributed by atoms with van der Waals surface area (Å²) in [6.45, 7) is 6.45. The molecular weight excluding hydrogens is 901 g/mol. The predicted octanol–water partition coefficient (Wildman–Crippen LogP) is 20.9. The van der Waals surface area contributed by atoms with Gasteiger partial charge in [0, 0.05) is 19.3 Å². The van der Waals surface area contributed by atoms with Gasteiger partial charge in [-0.3, -0.25) is 14.4 Å². The Morgan fingerprint density at radius 2 is 0.534 bits per heavy atom. The molecule has 0 saturated heterocycles. The fourth-order valence-corrected chi connectivity index (χ4v) is 8.48. The molecule has 0 aromatic heterocycles. The Morgan fingerprint density at radius 3 is 0.849 bits per heavy atom. The van der Waals surface area contributed by atoms with Gasteiger partial charge in [0.15, 0.2) is 6.10 Å². The first-order chi connectivity index (χ1) is 36.0. The van der Waals surface area contributed by atoms with E-state index in [4.69, 9.17) is 14.2 Å². The van der Waals surface area contributed by atoms with Crippen LogP contribution in [-0.4, -0.2) is 37.2 Å². The van der Waals surface area contributed by atoms with Gasteiger partial charge in [-0.2, -0.15) is 0 Å². The first-order valence-electron chi connectivity index (χ1n) is 30.7. The van der Waals surface area contributed by atoms with Crippen molar-refractivity contribution < 1.29 is 28.6 Å². The van der Waals surface area contributed by atoms with E-state index in [0.29, 0.717) is 19.3 Å². The second-order valence-corrected chi connectivity index (χ2v) is 20.2. The molecule has 6 heteroatoms. The van der Waals surface area contributed by atoms with E-state index in [-0.39, 0.29) is 31.1 Å². The van der Waals surface area contributed by atoms with Crippen LogP contribution >= 0.6 is 0 Å². The molecule has 1 atom stereocenters. The fourth-order valence-electron chi connectivity index (χ4n) is 8.48. The Kier molecular flexibility index (Phi) is 57.8. The highest BCUT2D eigenvalue weighted by atomic mass is 16.6. The van der Waals surface area contributed by atoms with Gasteiger partial charge in [-0.25, -0.2) is 0 Å². The molecule has 0 heterocycles. The van der Waals surface area contributed by atoms with Crippen LogP contribution in [0.4, 0.5) is 0 Å². The average Bonchev–Trinajstić information content (AvgIpc) is 3.39. The molecule has 73 heavy (non-hydrogen) atoms. The maximum Gasteiger partial charge on any atom is 0.306 e. The molecule has 0 saturated carbocycles. The molecule has 0 aromatic carbocycles. The second-order valence-electron chi connectivity index (χ2n) is 20.2. The number of ether oxygens (including phenoxy) is 3. The van der Waals surface area contributed by atoms with Crippen LogP contribution in [0, 0.1) is 0 Å². The van der Waals surface area contributed by atoms with Crippen molar-refractivity contribution in [1.29, 1.82) is 0 Å². The molecule has 6 nitrogen and oxygen atoms in total. The molecule has 0 amide bonds. The zero-order valence-electron chi connectivity index (χ0n) is 47.9. The van der Waals surface area contributed by atoms with Gasteiger partial charge in [0.2, 0.25) is 0 Å². The number of rotatable bonds is 55. The minimum absolute atomic E-state index is 0.0796. The van der Waals surface area contributed by atoms with Gasteiger partial charge in [-0.1, -0.05) is 266 Å². The Bertz CT molecular complexity index is 1440. The van der Waals surface area contributed by atoms with Crippen molar-refractivity contribution in [3.8, 4) is 0 Å². The van der Waals surface area contributed by atoms with E-state index in [2.05, 4.69) is 118 Å². The van der Waals surface area contributed by atoms with Crippen LogP contribution in [0.15, 0.2) is 97.2 Å². The van der Waals surface area contributed by atoms with Gasteiger partial charge in [0.05, 0.1) is 0 Å². The van der Waals surface area contributed by atoms with E-state index in [1.807, 2.05) is 0 Å². The van der Waals surface area contributed by atoms with Crippen molar-refractivity contribution in [2.24, 2.45) is 0 Å². The molecule has 0 radical (unpaired) electrons. The van der Waals surface area contributed by atoms with Gasteiger partial charge < -0.3 is 14.2 Å². The van der Waals surface area contributed by atoms with Gasteiger partial charge in [-0.05, 0) is 103 Å². The monoisotopic (exact) mass is 1010 g/mol. The van der Waals surface area contributed by atoms with Gasteiger partial charge in [0.1, 0.15) is 13.2 Å². The van der Waals surface area contributed by atoms with Crippen LogP contribution in [0.5, 0.6) is 0 Å². The predicted molar refractivity (Wildman–Crippen MR) is 316 cm³/mol. The Labute approximate surface area is 451 Å². The molecule has 0 aromatic rings. The van der Waals surface area contributed by atoms with Crippen LogP contribution in [0.1, 0.15) is 290 Å². The summed E-state index contributed by atoms with van der Waals surface area (Å²) in [6.07, 6.45) is 81.6. The maximum absolute atomic E-state index is 12.8. The summed E-state index contributed by atoms with van der Waals surface area (Å²) in [5.41, 5.74) is 0. The van der Waals surface area contributed by atoms with Crippen molar-refractivity contribution in [2.75, 3.05) is 13.2 Å². The second kappa shape index (κ2) is 60.9. The van der Waals surface area contributed by atoms with Crippen molar-refractivity contribution in [1.82, 2.24) is 0 Å². The molecule has 0 bridgehead atoms. The van der Waals surface area contributed by atoms with Crippen molar-refractivity contribution in [3.05, 3.63) is 97.2 Å². The largest absolute Gasteiger partial charge is 0.462 e. The fraction of sp³-hybridized carbons (Fsp3) is 0.716. The lowest BCUT2D eigenvalue weighted by Crippen LogP contribution is -2.30. The summed E-state index contributed by atoms with van der Waals surface area (Å²) >= 11 is 0. The molecule has 418 valence electrons. The average molecular weight is 1020 g/mol. The van der Waals surface area contributed by atoms with Crippen LogP contribution in [0.25, 0.3) is 0 Å². The van der Waals surface area contributed by atoms with E-state index in [1.165, 1.54) is 141 Å². The van der Waals surface area contributed by atoms with Gasteiger partial charge >= 0.3 is 17.9 Å². The zero-order valence-corrected chi connectivity index (χ0v) is 47.9. The van der Waals surface area contributed by atoms with Crippen molar-refractivity contribution in [2.45, 2.75) is 297 Å². The normalized spacial score (nSPS) is 12.8. The molecule has 0 N–H and O–H groups in total. The summed E-state index contributed by atoms with van der Waals surface area (Å²) in [5, 5.41) is 0. The molecule has 0 fully saturated rings. The summed E-state index contributed by atoms with van der Waals surface area (Å²) in [6, 6.07) is 0. The lowest BCUT2D eigenvalue weighted by Gasteiger charge is -2.18. The van der Waals surface area contributed by atoms with Crippen LogP contribution in [0.3, 0.4) is 0 Å². The number of carbonyl (C=O) groups is 3.